The summed E-state index contributed by atoms with van der Waals surface area (Å²) in [6, 6.07) is 8.33. The van der Waals surface area contributed by atoms with E-state index in [4.69, 9.17) is 5.73 Å². The van der Waals surface area contributed by atoms with Gasteiger partial charge in [0.05, 0.1) is 0 Å². The van der Waals surface area contributed by atoms with E-state index in [-0.39, 0.29) is 0 Å². The second-order valence-corrected chi connectivity index (χ2v) is 4.36. The van der Waals surface area contributed by atoms with Crippen LogP contribution in [0.5, 0.6) is 0 Å². The quantitative estimate of drug-likeness (QED) is 0.886. The van der Waals surface area contributed by atoms with Crippen molar-refractivity contribution in [3.05, 3.63) is 42.2 Å². The fraction of sp³-hybridized carbons (Fsp3) is 0.286. The van der Waals surface area contributed by atoms with Crippen molar-refractivity contribution in [2.75, 3.05) is 25.5 Å². The summed E-state index contributed by atoms with van der Waals surface area (Å²) in [6.07, 6.45) is 4.33. The second-order valence-electron chi connectivity index (χ2n) is 4.36. The van der Waals surface area contributed by atoms with Crippen molar-refractivity contribution in [1.29, 1.82) is 0 Å². The average molecular weight is 242 g/mol. The van der Waals surface area contributed by atoms with E-state index in [9.17, 15) is 0 Å². The van der Waals surface area contributed by atoms with Gasteiger partial charge in [-0.1, -0.05) is 24.3 Å². The van der Waals surface area contributed by atoms with E-state index < -0.39 is 0 Å². The Morgan fingerprint density at radius 1 is 1.06 bits per heavy atom. The molecule has 0 saturated heterocycles. The van der Waals surface area contributed by atoms with Gasteiger partial charge < -0.3 is 10.6 Å². The number of benzene rings is 1. The van der Waals surface area contributed by atoms with Crippen molar-refractivity contribution in [2.45, 2.75) is 6.42 Å². The summed E-state index contributed by atoms with van der Waals surface area (Å²) in [6.45, 7) is 0.674. The molecule has 0 radical (unpaired) electrons. The van der Waals surface area contributed by atoms with Crippen LogP contribution in [0.2, 0.25) is 0 Å². The summed E-state index contributed by atoms with van der Waals surface area (Å²) in [5, 5.41) is 0. The third-order valence-corrected chi connectivity index (χ3v) is 2.76. The molecule has 0 fully saturated rings. The molecule has 1 heterocycles. The minimum absolute atomic E-state index is 0.674. The van der Waals surface area contributed by atoms with Crippen LogP contribution in [-0.4, -0.2) is 30.6 Å². The summed E-state index contributed by atoms with van der Waals surface area (Å²) < 4.78 is 0. The second kappa shape index (κ2) is 5.60. The summed E-state index contributed by atoms with van der Waals surface area (Å²) in [5.41, 5.74) is 8.77. The molecule has 94 valence electrons. The SMILES string of the molecule is CN(C)c1nccnc1-c1ccc(CCN)cc1. The standard InChI is InChI=1S/C14H18N4/c1-18(2)14-13(16-9-10-17-14)12-5-3-11(4-6-12)7-8-15/h3-6,9-10H,7-8,15H2,1-2H3. The molecule has 4 heteroatoms. The van der Waals surface area contributed by atoms with Gasteiger partial charge in [-0.2, -0.15) is 0 Å². The molecular formula is C14H18N4. The minimum Gasteiger partial charge on any atom is -0.361 e. The normalized spacial score (nSPS) is 10.4. The maximum atomic E-state index is 5.54. The molecule has 0 bridgehead atoms. The number of anilines is 1. The van der Waals surface area contributed by atoms with Crippen LogP contribution in [0, 0.1) is 0 Å². The maximum absolute atomic E-state index is 5.54. The van der Waals surface area contributed by atoms with Crippen molar-refractivity contribution in [3.63, 3.8) is 0 Å². The van der Waals surface area contributed by atoms with E-state index in [0.717, 1.165) is 23.5 Å². The van der Waals surface area contributed by atoms with Crippen LogP contribution in [-0.2, 0) is 6.42 Å². The van der Waals surface area contributed by atoms with E-state index >= 15 is 0 Å². The molecule has 0 spiro atoms. The predicted molar refractivity (Wildman–Crippen MR) is 74.6 cm³/mol. The van der Waals surface area contributed by atoms with Gasteiger partial charge in [-0.15, -0.1) is 0 Å². The Kier molecular flexibility index (Phi) is 3.89. The zero-order chi connectivity index (χ0) is 13.0. The molecule has 0 aliphatic heterocycles. The molecule has 2 aromatic rings. The lowest BCUT2D eigenvalue weighted by Gasteiger charge is -2.14. The number of aromatic nitrogens is 2. The Hall–Kier alpha value is -1.94. The van der Waals surface area contributed by atoms with Crippen molar-refractivity contribution in [2.24, 2.45) is 5.73 Å². The molecule has 0 unspecified atom stereocenters. The van der Waals surface area contributed by atoms with Gasteiger partial charge in [-0.25, -0.2) is 4.98 Å². The molecule has 2 N–H and O–H groups in total. The number of hydrogen-bond donors (Lipinski definition) is 1. The first kappa shape index (κ1) is 12.5. The lowest BCUT2D eigenvalue weighted by molar-refractivity contribution is 0.969. The largest absolute Gasteiger partial charge is 0.361 e. The molecule has 18 heavy (non-hydrogen) atoms. The van der Waals surface area contributed by atoms with Gasteiger partial charge in [0.15, 0.2) is 5.82 Å². The third kappa shape index (κ3) is 2.65. The third-order valence-electron chi connectivity index (χ3n) is 2.76. The highest BCUT2D eigenvalue weighted by Gasteiger charge is 2.09. The van der Waals surface area contributed by atoms with E-state index in [1.165, 1.54) is 5.56 Å². The summed E-state index contributed by atoms with van der Waals surface area (Å²) in [7, 11) is 3.94. The lowest BCUT2D eigenvalue weighted by Crippen LogP contribution is -2.12. The maximum Gasteiger partial charge on any atom is 0.154 e. The fourth-order valence-corrected chi connectivity index (χ4v) is 1.86. The van der Waals surface area contributed by atoms with Crippen LogP contribution in [0.1, 0.15) is 5.56 Å². The first-order chi connectivity index (χ1) is 8.72. The molecule has 0 amide bonds. The summed E-state index contributed by atoms with van der Waals surface area (Å²) >= 11 is 0. The fourth-order valence-electron chi connectivity index (χ4n) is 1.86. The summed E-state index contributed by atoms with van der Waals surface area (Å²) in [5.74, 6) is 0.879. The number of hydrogen-bond acceptors (Lipinski definition) is 4. The molecule has 0 atom stereocenters. The Labute approximate surface area is 107 Å². The Balaban J connectivity index is 2.36. The highest BCUT2D eigenvalue weighted by molar-refractivity contribution is 5.71. The van der Waals surface area contributed by atoms with Crippen molar-refractivity contribution in [1.82, 2.24) is 9.97 Å². The van der Waals surface area contributed by atoms with Crippen molar-refractivity contribution < 1.29 is 0 Å². The van der Waals surface area contributed by atoms with Gasteiger partial charge in [0, 0.05) is 32.1 Å². The first-order valence-electron chi connectivity index (χ1n) is 6.00. The van der Waals surface area contributed by atoms with Crippen LogP contribution < -0.4 is 10.6 Å². The molecule has 2 rings (SSSR count). The van der Waals surface area contributed by atoms with Gasteiger partial charge in [-0.3, -0.25) is 4.98 Å². The van der Waals surface area contributed by atoms with Gasteiger partial charge in [-0.05, 0) is 18.5 Å². The van der Waals surface area contributed by atoms with E-state index in [1.54, 1.807) is 12.4 Å². The van der Waals surface area contributed by atoms with Gasteiger partial charge in [0.1, 0.15) is 5.69 Å². The van der Waals surface area contributed by atoms with Crippen LogP contribution in [0.3, 0.4) is 0 Å². The van der Waals surface area contributed by atoms with Crippen LogP contribution in [0.25, 0.3) is 11.3 Å². The molecule has 0 aliphatic carbocycles. The van der Waals surface area contributed by atoms with E-state index in [0.29, 0.717) is 6.54 Å². The molecule has 0 aliphatic rings. The zero-order valence-electron chi connectivity index (χ0n) is 10.8. The highest BCUT2D eigenvalue weighted by atomic mass is 15.1. The number of nitrogens with two attached hydrogens (primary N) is 1. The molecule has 4 nitrogen and oxygen atoms in total. The van der Waals surface area contributed by atoms with Gasteiger partial charge in [0.25, 0.3) is 0 Å². The van der Waals surface area contributed by atoms with Crippen LogP contribution in [0.15, 0.2) is 36.7 Å². The predicted octanol–water partition coefficient (Wildman–Crippen LogP) is 1.71. The van der Waals surface area contributed by atoms with Crippen molar-refractivity contribution >= 4 is 5.82 Å². The van der Waals surface area contributed by atoms with Crippen molar-refractivity contribution in [3.8, 4) is 11.3 Å². The Morgan fingerprint density at radius 3 is 2.33 bits per heavy atom. The minimum atomic E-state index is 0.674. The van der Waals surface area contributed by atoms with E-state index in [1.807, 2.05) is 19.0 Å². The lowest BCUT2D eigenvalue weighted by atomic mass is 10.1. The van der Waals surface area contributed by atoms with Gasteiger partial charge in [0.2, 0.25) is 0 Å². The van der Waals surface area contributed by atoms with Gasteiger partial charge >= 0.3 is 0 Å². The Bertz CT molecular complexity index is 505. The topological polar surface area (TPSA) is 55.0 Å². The highest BCUT2D eigenvalue weighted by Crippen LogP contribution is 2.25. The number of nitrogens with zero attached hydrogens (tertiary/aromatic N) is 3. The van der Waals surface area contributed by atoms with Crippen LogP contribution in [0.4, 0.5) is 5.82 Å². The average Bonchev–Trinajstić information content (AvgIpc) is 2.40. The first-order valence-corrected chi connectivity index (χ1v) is 6.00. The van der Waals surface area contributed by atoms with Crippen LogP contribution >= 0.6 is 0 Å². The monoisotopic (exact) mass is 242 g/mol. The zero-order valence-corrected chi connectivity index (χ0v) is 10.8. The van der Waals surface area contributed by atoms with E-state index in [2.05, 4.69) is 34.2 Å². The molecule has 1 aromatic heterocycles. The Morgan fingerprint density at radius 2 is 1.72 bits per heavy atom. The smallest absolute Gasteiger partial charge is 0.154 e. The summed E-state index contributed by atoms with van der Waals surface area (Å²) in [4.78, 5) is 10.7. The molecule has 1 aromatic carbocycles. The molecule has 0 saturated carbocycles. The molecular weight excluding hydrogens is 224 g/mol. The number of rotatable bonds is 4.